The van der Waals surface area contributed by atoms with E-state index >= 15 is 0 Å². The highest BCUT2D eigenvalue weighted by Crippen LogP contribution is 2.32. The number of thioether (sulfide) groups is 1. The minimum Gasteiger partial charge on any atom is -0.492 e. The first kappa shape index (κ1) is 21.3. The predicted molar refractivity (Wildman–Crippen MR) is 134 cm³/mol. The van der Waals surface area contributed by atoms with E-state index in [4.69, 9.17) is 9.84 Å². The molecule has 0 spiro atoms. The minimum absolute atomic E-state index is 0.618. The predicted octanol–water partition coefficient (Wildman–Crippen LogP) is 6.20. The van der Waals surface area contributed by atoms with E-state index in [1.165, 1.54) is 11.4 Å². The number of anilines is 3. The van der Waals surface area contributed by atoms with E-state index in [0.717, 1.165) is 42.4 Å². The van der Waals surface area contributed by atoms with Gasteiger partial charge in [0.2, 0.25) is 0 Å². The Bertz CT molecular complexity index is 947. The van der Waals surface area contributed by atoms with Gasteiger partial charge in [-0.2, -0.15) is 16.9 Å². The second-order valence-corrected chi connectivity index (χ2v) is 8.72. The zero-order valence-electron chi connectivity index (χ0n) is 18.1. The molecule has 1 heterocycles. The number of hydrogen-bond donors (Lipinski definition) is 0. The molecule has 0 radical (unpaired) electrons. The van der Waals surface area contributed by atoms with Gasteiger partial charge >= 0.3 is 0 Å². The summed E-state index contributed by atoms with van der Waals surface area (Å²) < 4.78 is 6.23. The van der Waals surface area contributed by atoms with Gasteiger partial charge in [-0.25, -0.2) is 5.01 Å². The number of nitrogens with zero attached hydrogens (tertiary/aromatic N) is 3. The van der Waals surface area contributed by atoms with Crippen LogP contribution in [0.25, 0.3) is 0 Å². The van der Waals surface area contributed by atoms with Crippen molar-refractivity contribution < 1.29 is 4.74 Å². The topological polar surface area (TPSA) is 28.1 Å². The van der Waals surface area contributed by atoms with Gasteiger partial charge < -0.3 is 9.64 Å². The normalized spacial score (nSPS) is 15.1. The van der Waals surface area contributed by atoms with Gasteiger partial charge in [0.05, 0.1) is 17.6 Å². The van der Waals surface area contributed by atoms with E-state index in [9.17, 15) is 0 Å². The third-order valence-electron chi connectivity index (χ3n) is 5.27. The summed E-state index contributed by atoms with van der Waals surface area (Å²) in [6.45, 7) is 7.04. The number of rotatable bonds is 10. The van der Waals surface area contributed by atoms with Crippen molar-refractivity contribution in [3.05, 3.63) is 84.4 Å². The lowest BCUT2D eigenvalue weighted by atomic mass is 10.1. The van der Waals surface area contributed by atoms with Gasteiger partial charge in [-0.3, -0.25) is 0 Å². The van der Waals surface area contributed by atoms with Crippen LogP contribution in [-0.4, -0.2) is 36.9 Å². The second kappa shape index (κ2) is 10.4. The Morgan fingerprint density at radius 3 is 2.06 bits per heavy atom. The zero-order chi connectivity index (χ0) is 21.5. The highest BCUT2D eigenvalue weighted by molar-refractivity contribution is 8.06. The summed E-state index contributed by atoms with van der Waals surface area (Å²) in [6.07, 6.45) is 1.90. The molecule has 5 heteroatoms. The van der Waals surface area contributed by atoms with Crippen LogP contribution in [0, 0.1) is 0 Å². The highest BCUT2D eigenvalue weighted by atomic mass is 32.2. The number of hydrogen-bond acceptors (Lipinski definition) is 5. The first-order valence-electron chi connectivity index (χ1n) is 10.9. The van der Waals surface area contributed by atoms with E-state index in [1.807, 2.05) is 59.4 Å². The molecule has 31 heavy (non-hydrogen) atoms. The fourth-order valence-electron chi connectivity index (χ4n) is 3.43. The third-order valence-corrected chi connectivity index (χ3v) is 6.21. The molecule has 4 nitrogen and oxygen atoms in total. The van der Waals surface area contributed by atoms with E-state index in [1.54, 1.807) is 0 Å². The van der Waals surface area contributed by atoms with Gasteiger partial charge in [0.15, 0.2) is 0 Å². The summed E-state index contributed by atoms with van der Waals surface area (Å²) >= 11 is 1.95. The lowest BCUT2D eigenvalue weighted by Crippen LogP contribution is -2.22. The van der Waals surface area contributed by atoms with Crippen LogP contribution in [0.1, 0.15) is 19.4 Å². The summed E-state index contributed by atoms with van der Waals surface area (Å²) in [5, 5.41) is 7.44. The maximum Gasteiger partial charge on any atom is 0.130 e. The van der Waals surface area contributed by atoms with Gasteiger partial charge in [0.1, 0.15) is 12.4 Å². The standard InChI is InChI=1S/C26H29N3OS/c1-3-28(4-2)24-16-15-21(26(17-24)30-19-25-20-31-25)18-27-29(22-11-7-5-8-12-22)23-13-9-6-10-14-23/h5-18,25H,3-4,19-20H2,1-2H3/b27-18+. The molecule has 1 fully saturated rings. The van der Waals surface area contributed by atoms with Crippen molar-refractivity contribution in [1.29, 1.82) is 0 Å². The molecule has 0 bridgehead atoms. The molecule has 1 saturated heterocycles. The van der Waals surface area contributed by atoms with E-state index in [0.29, 0.717) is 5.25 Å². The molecule has 3 aromatic rings. The van der Waals surface area contributed by atoms with Crippen molar-refractivity contribution in [1.82, 2.24) is 0 Å². The van der Waals surface area contributed by atoms with E-state index in [2.05, 4.69) is 61.2 Å². The molecule has 0 saturated carbocycles. The average Bonchev–Trinajstić information content (AvgIpc) is 3.65. The quantitative estimate of drug-likeness (QED) is 0.217. The summed E-state index contributed by atoms with van der Waals surface area (Å²) in [7, 11) is 0. The molecular weight excluding hydrogens is 402 g/mol. The Kier molecular flexibility index (Phi) is 7.15. The van der Waals surface area contributed by atoms with Gasteiger partial charge in [-0.15, -0.1) is 0 Å². The summed E-state index contributed by atoms with van der Waals surface area (Å²) in [5.41, 5.74) is 4.20. The average molecular weight is 432 g/mol. The van der Waals surface area contributed by atoms with Crippen LogP contribution in [-0.2, 0) is 0 Å². The van der Waals surface area contributed by atoms with Crippen LogP contribution in [0.3, 0.4) is 0 Å². The number of para-hydroxylation sites is 2. The molecule has 160 valence electrons. The lowest BCUT2D eigenvalue weighted by molar-refractivity contribution is 0.329. The van der Waals surface area contributed by atoms with Crippen LogP contribution in [0.4, 0.5) is 17.1 Å². The number of hydrazone groups is 1. The van der Waals surface area contributed by atoms with Crippen molar-refractivity contribution >= 4 is 35.0 Å². The Hall–Kier alpha value is -2.92. The van der Waals surface area contributed by atoms with Gasteiger partial charge in [-0.05, 0) is 50.2 Å². The number of benzene rings is 3. The van der Waals surface area contributed by atoms with Crippen molar-refractivity contribution in [3.63, 3.8) is 0 Å². The Morgan fingerprint density at radius 2 is 1.52 bits per heavy atom. The van der Waals surface area contributed by atoms with Gasteiger partial charge in [0.25, 0.3) is 0 Å². The van der Waals surface area contributed by atoms with Crippen LogP contribution in [0.2, 0.25) is 0 Å². The Morgan fingerprint density at radius 1 is 0.903 bits per heavy atom. The van der Waals surface area contributed by atoms with Crippen LogP contribution < -0.4 is 14.6 Å². The molecule has 1 aliphatic heterocycles. The smallest absolute Gasteiger partial charge is 0.130 e. The first-order chi connectivity index (χ1) is 15.3. The van der Waals surface area contributed by atoms with Crippen LogP contribution in [0.15, 0.2) is 84.0 Å². The second-order valence-electron chi connectivity index (χ2n) is 7.39. The SMILES string of the molecule is CCN(CC)c1ccc(/C=N/N(c2ccccc2)c2ccccc2)c(OCC2CS2)c1. The lowest BCUT2D eigenvalue weighted by Gasteiger charge is -2.23. The summed E-state index contributed by atoms with van der Waals surface area (Å²) in [5.74, 6) is 2.08. The van der Waals surface area contributed by atoms with Crippen molar-refractivity contribution in [3.8, 4) is 5.75 Å². The van der Waals surface area contributed by atoms with Crippen molar-refractivity contribution in [2.24, 2.45) is 5.10 Å². The van der Waals surface area contributed by atoms with Gasteiger partial charge in [0, 0.05) is 41.4 Å². The van der Waals surface area contributed by atoms with E-state index in [-0.39, 0.29) is 0 Å². The molecule has 0 N–H and O–H groups in total. The van der Waals surface area contributed by atoms with Crippen LogP contribution >= 0.6 is 11.8 Å². The van der Waals surface area contributed by atoms with E-state index < -0.39 is 0 Å². The molecule has 0 aromatic heterocycles. The molecule has 4 rings (SSSR count). The minimum atomic E-state index is 0.618. The maximum atomic E-state index is 6.23. The Labute approximate surface area is 189 Å². The van der Waals surface area contributed by atoms with Crippen molar-refractivity contribution in [2.45, 2.75) is 19.1 Å². The largest absolute Gasteiger partial charge is 0.492 e. The molecule has 3 aromatic carbocycles. The molecule has 1 aliphatic rings. The van der Waals surface area contributed by atoms with Crippen molar-refractivity contribution in [2.75, 3.05) is 35.4 Å². The monoisotopic (exact) mass is 431 g/mol. The molecule has 0 aliphatic carbocycles. The first-order valence-corrected chi connectivity index (χ1v) is 11.9. The Balaban J connectivity index is 1.66. The fourth-order valence-corrected chi connectivity index (χ4v) is 3.82. The third kappa shape index (κ3) is 5.61. The number of ether oxygens (including phenoxy) is 1. The molecular formula is C26H29N3OS. The summed E-state index contributed by atoms with van der Waals surface area (Å²) in [4.78, 5) is 2.33. The summed E-state index contributed by atoms with van der Waals surface area (Å²) in [6, 6.07) is 26.8. The van der Waals surface area contributed by atoms with Crippen LogP contribution in [0.5, 0.6) is 5.75 Å². The molecule has 0 amide bonds. The van der Waals surface area contributed by atoms with Gasteiger partial charge in [-0.1, -0.05) is 36.4 Å². The molecule has 1 unspecified atom stereocenters. The maximum absolute atomic E-state index is 6.23. The highest BCUT2D eigenvalue weighted by Gasteiger charge is 2.23. The zero-order valence-corrected chi connectivity index (χ0v) is 19.0. The molecule has 1 atom stereocenters. The fraction of sp³-hybridized carbons (Fsp3) is 0.269.